The van der Waals surface area contributed by atoms with Gasteiger partial charge in [-0.3, -0.25) is 0 Å². The molecular formula is C11H13F2N. The van der Waals surface area contributed by atoms with Gasteiger partial charge in [-0.05, 0) is 36.1 Å². The van der Waals surface area contributed by atoms with Crippen molar-refractivity contribution in [3.05, 3.63) is 47.5 Å². The van der Waals surface area contributed by atoms with Gasteiger partial charge in [0.1, 0.15) is 5.82 Å². The summed E-state index contributed by atoms with van der Waals surface area (Å²) < 4.78 is 24.9. The monoisotopic (exact) mass is 197 g/mol. The van der Waals surface area contributed by atoms with Gasteiger partial charge in [0.2, 0.25) is 0 Å². The lowest BCUT2D eigenvalue weighted by Crippen LogP contribution is -2.03. The third kappa shape index (κ3) is 3.26. The van der Waals surface area contributed by atoms with Gasteiger partial charge in [-0.2, -0.15) is 0 Å². The Kier molecular flexibility index (Phi) is 4.26. The van der Waals surface area contributed by atoms with Gasteiger partial charge in [-0.15, -0.1) is 0 Å². The second-order valence-electron chi connectivity index (χ2n) is 3.10. The summed E-state index contributed by atoms with van der Waals surface area (Å²) in [4.78, 5) is 0. The van der Waals surface area contributed by atoms with Crippen LogP contribution in [0.3, 0.4) is 0 Å². The molecule has 14 heavy (non-hydrogen) atoms. The lowest BCUT2D eigenvalue weighted by atomic mass is 10.1. The molecule has 1 aromatic rings. The van der Waals surface area contributed by atoms with E-state index in [1.807, 2.05) is 6.07 Å². The van der Waals surface area contributed by atoms with Crippen molar-refractivity contribution >= 4 is 0 Å². The molecular weight excluding hydrogens is 184 g/mol. The van der Waals surface area contributed by atoms with Crippen molar-refractivity contribution in [2.45, 2.75) is 12.8 Å². The maximum atomic E-state index is 12.7. The van der Waals surface area contributed by atoms with Crippen molar-refractivity contribution in [3.8, 4) is 0 Å². The number of halogens is 2. The molecule has 0 amide bonds. The van der Waals surface area contributed by atoms with Crippen LogP contribution in [0.2, 0.25) is 0 Å². The standard InChI is InChI=1S/C11H13F2N/c12-7-10(8-14)5-4-9-2-1-3-11(13)6-9/h1-3,6-7H,4-5,8,14H2. The first-order valence-corrected chi connectivity index (χ1v) is 4.49. The Bertz CT molecular complexity index is 321. The average Bonchev–Trinajstić information content (AvgIpc) is 2.19. The lowest BCUT2D eigenvalue weighted by Gasteiger charge is -2.02. The van der Waals surface area contributed by atoms with Crippen molar-refractivity contribution < 1.29 is 8.78 Å². The highest BCUT2D eigenvalue weighted by atomic mass is 19.1. The number of aryl methyl sites for hydroxylation is 1. The van der Waals surface area contributed by atoms with E-state index in [0.717, 1.165) is 5.56 Å². The number of rotatable bonds is 4. The molecule has 0 aliphatic rings. The van der Waals surface area contributed by atoms with Gasteiger partial charge in [0.25, 0.3) is 0 Å². The van der Waals surface area contributed by atoms with Gasteiger partial charge in [-0.25, -0.2) is 8.78 Å². The van der Waals surface area contributed by atoms with Crippen LogP contribution >= 0.6 is 0 Å². The number of hydrogen-bond donors (Lipinski definition) is 1. The molecule has 76 valence electrons. The SMILES string of the molecule is NCC(=CF)CCc1cccc(F)c1. The quantitative estimate of drug-likeness (QED) is 0.788. The molecule has 1 rings (SSSR count). The van der Waals surface area contributed by atoms with E-state index in [1.165, 1.54) is 12.1 Å². The summed E-state index contributed by atoms with van der Waals surface area (Å²) >= 11 is 0. The average molecular weight is 197 g/mol. The van der Waals surface area contributed by atoms with Crippen molar-refractivity contribution in [1.29, 1.82) is 0 Å². The van der Waals surface area contributed by atoms with Gasteiger partial charge in [0.05, 0.1) is 6.33 Å². The Labute approximate surface area is 82.2 Å². The molecule has 0 aliphatic heterocycles. The van der Waals surface area contributed by atoms with Crippen LogP contribution in [-0.4, -0.2) is 6.54 Å². The van der Waals surface area contributed by atoms with Gasteiger partial charge < -0.3 is 5.73 Å². The minimum Gasteiger partial charge on any atom is -0.327 e. The maximum absolute atomic E-state index is 12.7. The zero-order valence-corrected chi connectivity index (χ0v) is 7.84. The zero-order valence-electron chi connectivity index (χ0n) is 7.84. The van der Waals surface area contributed by atoms with E-state index in [-0.39, 0.29) is 12.4 Å². The van der Waals surface area contributed by atoms with Gasteiger partial charge in [0.15, 0.2) is 0 Å². The first-order chi connectivity index (χ1) is 6.76. The third-order valence-corrected chi connectivity index (χ3v) is 2.04. The first kappa shape index (κ1) is 10.9. The largest absolute Gasteiger partial charge is 0.327 e. The van der Waals surface area contributed by atoms with Crippen LogP contribution in [0.15, 0.2) is 36.2 Å². The Morgan fingerprint density at radius 1 is 1.43 bits per heavy atom. The molecule has 2 N–H and O–H groups in total. The zero-order chi connectivity index (χ0) is 10.4. The molecule has 3 heteroatoms. The van der Waals surface area contributed by atoms with Crippen LogP contribution < -0.4 is 5.73 Å². The van der Waals surface area contributed by atoms with Gasteiger partial charge >= 0.3 is 0 Å². The van der Waals surface area contributed by atoms with Gasteiger partial charge in [-0.1, -0.05) is 12.1 Å². The van der Waals surface area contributed by atoms with Crippen LogP contribution in [0.1, 0.15) is 12.0 Å². The fourth-order valence-corrected chi connectivity index (χ4v) is 1.20. The summed E-state index contributed by atoms with van der Waals surface area (Å²) in [6, 6.07) is 6.30. The second kappa shape index (κ2) is 5.50. The van der Waals surface area contributed by atoms with E-state index in [0.29, 0.717) is 24.7 Å². The fourth-order valence-electron chi connectivity index (χ4n) is 1.20. The summed E-state index contributed by atoms with van der Waals surface area (Å²) in [7, 11) is 0. The Balaban J connectivity index is 2.53. The van der Waals surface area contributed by atoms with E-state index < -0.39 is 0 Å². The van der Waals surface area contributed by atoms with E-state index in [9.17, 15) is 8.78 Å². The minimum absolute atomic E-state index is 0.214. The number of hydrogen-bond acceptors (Lipinski definition) is 1. The summed E-state index contributed by atoms with van der Waals surface area (Å²) in [5, 5.41) is 0. The number of benzene rings is 1. The van der Waals surface area contributed by atoms with E-state index in [4.69, 9.17) is 5.73 Å². The molecule has 0 atom stereocenters. The Morgan fingerprint density at radius 2 is 2.21 bits per heavy atom. The van der Waals surface area contributed by atoms with Crippen molar-refractivity contribution in [2.75, 3.05) is 6.54 Å². The van der Waals surface area contributed by atoms with E-state index >= 15 is 0 Å². The van der Waals surface area contributed by atoms with Crippen LogP contribution in [-0.2, 0) is 6.42 Å². The summed E-state index contributed by atoms with van der Waals surface area (Å²) in [6.07, 6.45) is 1.68. The van der Waals surface area contributed by atoms with Crippen LogP contribution in [0, 0.1) is 5.82 Å². The summed E-state index contributed by atoms with van der Waals surface area (Å²) in [6.45, 7) is 0.214. The highest BCUT2D eigenvalue weighted by molar-refractivity contribution is 5.18. The molecule has 0 saturated heterocycles. The highest BCUT2D eigenvalue weighted by Crippen LogP contribution is 2.10. The maximum Gasteiger partial charge on any atom is 0.123 e. The molecule has 0 radical (unpaired) electrons. The molecule has 0 aliphatic carbocycles. The first-order valence-electron chi connectivity index (χ1n) is 4.49. The van der Waals surface area contributed by atoms with Gasteiger partial charge in [0, 0.05) is 6.54 Å². The predicted octanol–water partition coefficient (Wildman–Crippen LogP) is 2.57. The molecule has 1 nitrogen and oxygen atoms in total. The van der Waals surface area contributed by atoms with Crippen molar-refractivity contribution in [1.82, 2.24) is 0 Å². The van der Waals surface area contributed by atoms with Crippen molar-refractivity contribution in [3.63, 3.8) is 0 Å². The summed E-state index contributed by atoms with van der Waals surface area (Å²) in [5.74, 6) is -0.263. The third-order valence-electron chi connectivity index (χ3n) is 2.04. The van der Waals surface area contributed by atoms with Crippen LogP contribution in [0.25, 0.3) is 0 Å². The van der Waals surface area contributed by atoms with E-state index in [1.54, 1.807) is 6.07 Å². The molecule has 0 bridgehead atoms. The molecule has 0 spiro atoms. The molecule has 0 heterocycles. The molecule has 0 aromatic heterocycles. The predicted molar refractivity (Wildman–Crippen MR) is 53.0 cm³/mol. The summed E-state index contributed by atoms with van der Waals surface area (Å²) in [5.41, 5.74) is 6.70. The normalized spacial score (nSPS) is 11.8. The fraction of sp³-hybridized carbons (Fsp3) is 0.273. The molecule has 0 fully saturated rings. The second-order valence-corrected chi connectivity index (χ2v) is 3.10. The Hall–Kier alpha value is -1.22. The number of nitrogens with two attached hydrogens (primary N) is 1. The molecule has 0 saturated carbocycles. The smallest absolute Gasteiger partial charge is 0.123 e. The van der Waals surface area contributed by atoms with Crippen molar-refractivity contribution in [2.24, 2.45) is 5.73 Å². The molecule has 1 aromatic carbocycles. The van der Waals surface area contributed by atoms with Crippen LogP contribution in [0.5, 0.6) is 0 Å². The Morgan fingerprint density at radius 3 is 2.79 bits per heavy atom. The highest BCUT2D eigenvalue weighted by Gasteiger charge is 1.98. The molecule has 0 unspecified atom stereocenters. The van der Waals surface area contributed by atoms with Crippen LogP contribution in [0.4, 0.5) is 8.78 Å². The van der Waals surface area contributed by atoms with E-state index in [2.05, 4.69) is 0 Å². The lowest BCUT2D eigenvalue weighted by molar-refractivity contribution is 0.625. The topological polar surface area (TPSA) is 26.0 Å². The minimum atomic E-state index is -0.263.